The molecule has 81 valence electrons. The van der Waals surface area contributed by atoms with Crippen molar-refractivity contribution in [1.82, 2.24) is 0 Å². The summed E-state index contributed by atoms with van der Waals surface area (Å²) in [6.45, 7) is 4.23. The van der Waals surface area contributed by atoms with Gasteiger partial charge in [-0.2, -0.15) is 0 Å². The SMILES string of the molecule is CCCC([C]=O)(CCC)c1ccccc1. The van der Waals surface area contributed by atoms with Crippen molar-refractivity contribution in [3.05, 3.63) is 35.9 Å². The lowest BCUT2D eigenvalue weighted by Crippen LogP contribution is -2.27. The lowest BCUT2D eigenvalue weighted by atomic mass is 9.75. The van der Waals surface area contributed by atoms with Crippen molar-refractivity contribution in [3.63, 3.8) is 0 Å². The van der Waals surface area contributed by atoms with Gasteiger partial charge in [-0.25, -0.2) is 0 Å². The highest BCUT2D eigenvalue weighted by Crippen LogP contribution is 2.32. The molecule has 0 bridgehead atoms. The maximum absolute atomic E-state index is 11.3. The maximum atomic E-state index is 11.3. The Bertz CT molecular complexity index is 283. The molecule has 0 heterocycles. The first kappa shape index (κ1) is 12.0. The summed E-state index contributed by atoms with van der Waals surface area (Å²) in [6.07, 6.45) is 6.11. The van der Waals surface area contributed by atoms with E-state index in [1.165, 1.54) is 0 Å². The number of rotatable bonds is 6. The Morgan fingerprint density at radius 2 is 1.60 bits per heavy atom. The van der Waals surface area contributed by atoms with Gasteiger partial charge in [-0.05, 0) is 18.4 Å². The first-order valence-corrected chi connectivity index (χ1v) is 5.74. The van der Waals surface area contributed by atoms with Gasteiger partial charge in [-0.15, -0.1) is 0 Å². The Kier molecular flexibility index (Phi) is 4.54. The second kappa shape index (κ2) is 5.69. The topological polar surface area (TPSA) is 17.1 Å². The van der Waals surface area contributed by atoms with Crippen LogP contribution in [0, 0.1) is 0 Å². The van der Waals surface area contributed by atoms with Crippen LogP contribution in [0.5, 0.6) is 0 Å². The average molecular weight is 203 g/mol. The molecule has 0 aliphatic carbocycles. The van der Waals surface area contributed by atoms with Gasteiger partial charge in [0.1, 0.15) is 0 Å². The van der Waals surface area contributed by atoms with Gasteiger partial charge in [0.2, 0.25) is 6.29 Å². The number of carbonyl (C=O) groups excluding carboxylic acids is 1. The number of hydrogen-bond acceptors (Lipinski definition) is 1. The van der Waals surface area contributed by atoms with Gasteiger partial charge in [0.05, 0.1) is 5.41 Å². The quantitative estimate of drug-likeness (QED) is 0.690. The summed E-state index contributed by atoms with van der Waals surface area (Å²) in [5, 5.41) is 0. The van der Waals surface area contributed by atoms with Crippen molar-refractivity contribution in [2.45, 2.75) is 44.9 Å². The zero-order valence-corrected chi connectivity index (χ0v) is 9.62. The van der Waals surface area contributed by atoms with Crippen LogP contribution in [0.15, 0.2) is 30.3 Å². The maximum Gasteiger partial charge on any atom is 0.209 e. The van der Waals surface area contributed by atoms with Gasteiger partial charge in [-0.3, -0.25) is 4.79 Å². The highest BCUT2D eigenvalue weighted by atomic mass is 16.1. The molecule has 0 N–H and O–H groups in total. The first-order valence-electron chi connectivity index (χ1n) is 5.74. The Morgan fingerprint density at radius 3 is 2.00 bits per heavy atom. The van der Waals surface area contributed by atoms with Crippen LogP contribution in [0.1, 0.15) is 45.1 Å². The lowest BCUT2D eigenvalue weighted by Gasteiger charge is -2.26. The molecular weight excluding hydrogens is 184 g/mol. The van der Waals surface area contributed by atoms with E-state index in [0.717, 1.165) is 31.2 Å². The summed E-state index contributed by atoms with van der Waals surface area (Å²) in [5.74, 6) is 0. The fraction of sp³-hybridized carbons (Fsp3) is 0.500. The van der Waals surface area contributed by atoms with E-state index in [0.29, 0.717) is 0 Å². The van der Waals surface area contributed by atoms with Gasteiger partial charge in [0.15, 0.2) is 0 Å². The summed E-state index contributed by atoms with van der Waals surface area (Å²) >= 11 is 0. The van der Waals surface area contributed by atoms with E-state index < -0.39 is 0 Å². The normalized spacial score (nSPS) is 11.3. The van der Waals surface area contributed by atoms with Crippen LogP contribution >= 0.6 is 0 Å². The van der Waals surface area contributed by atoms with Crippen LogP contribution in [0.2, 0.25) is 0 Å². The molecule has 0 aromatic heterocycles. The summed E-state index contributed by atoms with van der Waals surface area (Å²) in [4.78, 5) is 11.3. The summed E-state index contributed by atoms with van der Waals surface area (Å²) in [6, 6.07) is 10.0. The fourth-order valence-electron chi connectivity index (χ4n) is 2.19. The largest absolute Gasteiger partial charge is 0.290 e. The van der Waals surface area contributed by atoms with Crippen LogP contribution in [0.3, 0.4) is 0 Å². The molecule has 1 aromatic carbocycles. The van der Waals surface area contributed by atoms with Crippen LogP contribution < -0.4 is 0 Å². The second-order valence-corrected chi connectivity index (χ2v) is 4.05. The van der Waals surface area contributed by atoms with E-state index in [9.17, 15) is 4.79 Å². The predicted octanol–water partition coefficient (Wildman–Crippen LogP) is 3.63. The van der Waals surface area contributed by atoms with Gasteiger partial charge < -0.3 is 0 Å². The average Bonchev–Trinajstić information content (AvgIpc) is 2.30. The second-order valence-electron chi connectivity index (χ2n) is 4.05. The number of benzene rings is 1. The van der Waals surface area contributed by atoms with E-state index in [4.69, 9.17) is 0 Å². The first-order chi connectivity index (χ1) is 7.29. The van der Waals surface area contributed by atoms with Gasteiger partial charge in [-0.1, -0.05) is 57.0 Å². The summed E-state index contributed by atoms with van der Waals surface area (Å²) in [7, 11) is 0. The van der Waals surface area contributed by atoms with Gasteiger partial charge in [0.25, 0.3) is 0 Å². The molecule has 0 aliphatic rings. The Morgan fingerprint density at radius 1 is 1.07 bits per heavy atom. The monoisotopic (exact) mass is 203 g/mol. The molecule has 0 aliphatic heterocycles. The van der Waals surface area contributed by atoms with E-state index in [1.807, 2.05) is 30.3 Å². The third-order valence-corrected chi connectivity index (χ3v) is 2.88. The zero-order valence-electron chi connectivity index (χ0n) is 9.62. The van der Waals surface area contributed by atoms with Crippen LogP contribution in [-0.2, 0) is 10.2 Å². The van der Waals surface area contributed by atoms with Crippen LogP contribution in [-0.4, -0.2) is 6.29 Å². The van der Waals surface area contributed by atoms with Crippen LogP contribution in [0.25, 0.3) is 0 Å². The molecule has 15 heavy (non-hydrogen) atoms. The van der Waals surface area contributed by atoms with E-state index in [-0.39, 0.29) is 5.41 Å². The van der Waals surface area contributed by atoms with Crippen molar-refractivity contribution in [2.75, 3.05) is 0 Å². The zero-order chi connectivity index (χ0) is 11.1. The van der Waals surface area contributed by atoms with E-state index in [1.54, 1.807) is 0 Å². The highest BCUT2D eigenvalue weighted by molar-refractivity contribution is 5.69. The van der Waals surface area contributed by atoms with E-state index >= 15 is 0 Å². The summed E-state index contributed by atoms with van der Waals surface area (Å²) < 4.78 is 0. The minimum Gasteiger partial charge on any atom is -0.290 e. The molecule has 0 unspecified atom stereocenters. The Hall–Kier alpha value is -1.11. The standard InChI is InChI=1S/C14H19O/c1-3-10-14(12-15,11-4-2)13-8-6-5-7-9-13/h5-9H,3-4,10-11H2,1-2H3. The molecule has 1 aromatic rings. The molecule has 0 saturated heterocycles. The van der Waals surface area contributed by atoms with Crippen molar-refractivity contribution in [1.29, 1.82) is 0 Å². The Balaban J connectivity index is 3.03. The lowest BCUT2D eigenvalue weighted by molar-refractivity contribution is 0.429. The molecular formula is C14H19O. The van der Waals surface area contributed by atoms with Crippen molar-refractivity contribution in [2.24, 2.45) is 0 Å². The molecule has 0 atom stereocenters. The Labute approximate surface area is 92.5 Å². The third kappa shape index (κ3) is 2.68. The minimum absolute atomic E-state index is 0.370. The highest BCUT2D eigenvalue weighted by Gasteiger charge is 2.30. The number of hydrogen-bond donors (Lipinski definition) is 0. The molecule has 0 amide bonds. The molecule has 0 saturated carbocycles. The van der Waals surface area contributed by atoms with E-state index in [2.05, 4.69) is 20.1 Å². The molecule has 1 nitrogen and oxygen atoms in total. The molecule has 1 heteroatoms. The molecule has 1 rings (SSSR count). The smallest absolute Gasteiger partial charge is 0.209 e. The van der Waals surface area contributed by atoms with Crippen molar-refractivity contribution < 1.29 is 4.79 Å². The van der Waals surface area contributed by atoms with Crippen LogP contribution in [0.4, 0.5) is 0 Å². The molecule has 0 spiro atoms. The van der Waals surface area contributed by atoms with Gasteiger partial charge >= 0.3 is 0 Å². The predicted molar refractivity (Wildman–Crippen MR) is 63.6 cm³/mol. The van der Waals surface area contributed by atoms with Crippen molar-refractivity contribution >= 4 is 6.29 Å². The van der Waals surface area contributed by atoms with Gasteiger partial charge in [0, 0.05) is 0 Å². The molecule has 0 fully saturated rings. The summed E-state index contributed by atoms with van der Waals surface area (Å²) in [5.41, 5.74) is 0.744. The molecule has 1 radical (unpaired) electrons. The third-order valence-electron chi connectivity index (χ3n) is 2.88. The fourth-order valence-corrected chi connectivity index (χ4v) is 2.19. The minimum atomic E-state index is -0.370. The van der Waals surface area contributed by atoms with Crippen molar-refractivity contribution in [3.8, 4) is 0 Å².